The number of nitrogens with one attached hydrogen (secondary N) is 1. The highest BCUT2D eigenvalue weighted by Crippen LogP contribution is 2.27. The van der Waals surface area contributed by atoms with Crippen LogP contribution in [-0.2, 0) is 0 Å². The second-order valence-corrected chi connectivity index (χ2v) is 6.49. The number of rotatable bonds is 2. The number of aromatic nitrogens is 1. The molecule has 0 unspecified atom stereocenters. The summed E-state index contributed by atoms with van der Waals surface area (Å²) in [6, 6.07) is 18.9. The van der Waals surface area contributed by atoms with Gasteiger partial charge in [0.25, 0.3) is 11.5 Å². The van der Waals surface area contributed by atoms with Crippen molar-refractivity contribution in [3.8, 4) is 0 Å². The number of hydrogen-bond acceptors (Lipinski definition) is 3. The second-order valence-electron chi connectivity index (χ2n) is 6.49. The first-order chi connectivity index (χ1) is 12.1. The number of carbonyl (C=O) groups is 1. The summed E-state index contributed by atoms with van der Waals surface area (Å²) < 4.78 is 0. The molecule has 5 heteroatoms. The summed E-state index contributed by atoms with van der Waals surface area (Å²) in [6.07, 6.45) is 0. The average Bonchev–Trinajstić information content (AvgIpc) is 3.03. The third-order valence-electron chi connectivity index (χ3n) is 4.86. The Morgan fingerprint density at radius 2 is 1.76 bits per heavy atom. The zero-order chi connectivity index (χ0) is 17.4. The molecule has 1 fully saturated rings. The number of carbonyl (C=O) groups excluding carboxylic acids is 1. The van der Waals surface area contributed by atoms with Crippen LogP contribution in [0.4, 0.5) is 0 Å². The van der Waals surface area contributed by atoms with E-state index < -0.39 is 0 Å². The molecule has 1 aliphatic rings. The van der Waals surface area contributed by atoms with E-state index in [1.54, 1.807) is 17.0 Å². The van der Waals surface area contributed by atoms with Gasteiger partial charge in [-0.25, -0.2) is 0 Å². The zero-order valence-corrected chi connectivity index (χ0v) is 13.7. The number of nitrogens with two attached hydrogens (primary N) is 1. The lowest BCUT2D eigenvalue weighted by atomic mass is 9.95. The zero-order valence-electron chi connectivity index (χ0n) is 13.7. The summed E-state index contributed by atoms with van der Waals surface area (Å²) in [4.78, 5) is 29.5. The van der Waals surface area contributed by atoms with Crippen LogP contribution in [0.5, 0.6) is 0 Å². The van der Waals surface area contributed by atoms with Gasteiger partial charge in [-0.05, 0) is 23.1 Å². The van der Waals surface area contributed by atoms with E-state index in [2.05, 4.69) is 4.98 Å². The number of likely N-dealkylation sites (tertiary alicyclic amines) is 1. The summed E-state index contributed by atoms with van der Waals surface area (Å²) in [5.74, 6) is -0.0749. The Bertz CT molecular complexity index is 981. The molecule has 4 rings (SSSR count). The molecular weight excluding hydrogens is 314 g/mol. The minimum Gasteiger partial charge on any atom is -0.335 e. The quantitative estimate of drug-likeness (QED) is 0.754. The van der Waals surface area contributed by atoms with E-state index in [1.807, 2.05) is 48.5 Å². The van der Waals surface area contributed by atoms with E-state index in [0.717, 1.165) is 10.9 Å². The summed E-state index contributed by atoms with van der Waals surface area (Å²) in [5.41, 5.74) is 7.47. The molecule has 0 radical (unpaired) electrons. The first kappa shape index (κ1) is 15.6. The Labute approximate surface area is 145 Å². The Hall–Kier alpha value is -2.92. The van der Waals surface area contributed by atoms with Gasteiger partial charge in [0.1, 0.15) is 5.69 Å². The lowest BCUT2D eigenvalue weighted by Gasteiger charge is -2.16. The number of fused-ring (bicyclic) bond motifs is 1. The number of nitrogens with zero attached hydrogens (tertiary/aromatic N) is 1. The first-order valence-corrected chi connectivity index (χ1v) is 8.35. The fraction of sp³-hybridized carbons (Fsp3) is 0.200. The van der Waals surface area contributed by atoms with Crippen molar-refractivity contribution in [2.75, 3.05) is 13.1 Å². The summed E-state index contributed by atoms with van der Waals surface area (Å²) >= 11 is 0. The fourth-order valence-electron chi connectivity index (χ4n) is 3.54. The monoisotopic (exact) mass is 333 g/mol. The fourth-order valence-corrected chi connectivity index (χ4v) is 3.54. The molecule has 0 spiro atoms. The van der Waals surface area contributed by atoms with Gasteiger partial charge in [0.05, 0.1) is 0 Å². The maximum atomic E-state index is 12.9. The van der Waals surface area contributed by atoms with Gasteiger partial charge in [-0.2, -0.15) is 0 Å². The highest BCUT2D eigenvalue weighted by atomic mass is 16.2. The van der Waals surface area contributed by atoms with Crippen LogP contribution in [0.15, 0.2) is 65.5 Å². The van der Waals surface area contributed by atoms with Crippen molar-refractivity contribution in [2.45, 2.75) is 12.0 Å². The predicted molar refractivity (Wildman–Crippen MR) is 97.6 cm³/mol. The van der Waals surface area contributed by atoms with Crippen molar-refractivity contribution >= 4 is 16.7 Å². The van der Waals surface area contributed by atoms with Gasteiger partial charge in [0.2, 0.25) is 0 Å². The number of benzene rings is 2. The van der Waals surface area contributed by atoms with Crippen LogP contribution in [0.3, 0.4) is 0 Å². The predicted octanol–water partition coefficient (Wildman–Crippen LogP) is 2.09. The molecule has 3 N–H and O–H groups in total. The molecule has 2 aromatic carbocycles. The second kappa shape index (κ2) is 6.18. The minimum atomic E-state index is -0.246. The van der Waals surface area contributed by atoms with Gasteiger partial charge in [0, 0.05) is 30.4 Å². The highest BCUT2D eigenvalue weighted by Gasteiger charge is 2.34. The summed E-state index contributed by atoms with van der Waals surface area (Å²) in [6.45, 7) is 1.03. The largest absolute Gasteiger partial charge is 0.335 e. The number of hydrogen-bond donors (Lipinski definition) is 2. The molecule has 25 heavy (non-hydrogen) atoms. The normalized spacial score (nSPS) is 20.1. The topological polar surface area (TPSA) is 79.2 Å². The minimum absolute atomic E-state index is 0.109. The van der Waals surface area contributed by atoms with Crippen molar-refractivity contribution in [1.82, 2.24) is 9.88 Å². The molecule has 2 heterocycles. The van der Waals surface area contributed by atoms with Crippen molar-refractivity contribution in [2.24, 2.45) is 5.73 Å². The molecule has 0 aliphatic carbocycles. The van der Waals surface area contributed by atoms with E-state index in [4.69, 9.17) is 5.73 Å². The molecule has 1 aliphatic heterocycles. The van der Waals surface area contributed by atoms with Crippen molar-refractivity contribution in [3.63, 3.8) is 0 Å². The first-order valence-electron chi connectivity index (χ1n) is 8.35. The van der Waals surface area contributed by atoms with Gasteiger partial charge < -0.3 is 15.6 Å². The smallest absolute Gasteiger partial charge is 0.270 e. The van der Waals surface area contributed by atoms with E-state index >= 15 is 0 Å². The van der Waals surface area contributed by atoms with Crippen LogP contribution in [0.1, 0.15) is 22.0 Å². The van der Waals surface area contributed by atoms with Gasteiger partial charge in [0.15, 0.2) is 0 Å². The van der Waals surface area contributed by atoms with Crippen molar-refractivity contribution in [1.29, 1.82) is 0 Å². The summed E-state index contributed by atoms with van der Waals surface area (Å²) in [5, 5.41) is 1.34. The lowest BCUT2D eigenvalue weighted by molar-refractivity contribution is 0.0783. The molecule has 1 saturated heterocycles. The maximum absolute atomic E-state index is 12.9. The number of aromatic amines is 1. The average molecular weight is 333 g/mol. The highest BCUT2D eigenvalue weighted by molar-refractivity contribution is 5.96. The van der Waals surface area contributed by atoms with E-state index in [-0.39, 0.29) is 23.4 Å². The van der Waals surface area contributed by atoms with Crippen LogP contribution in [0, 0.1) is 0 Å². The van der Waals surface area contributed by atoms with Gasteiger partial charge in [-0.15, -0.1) is 0 Å². The Morgan fingerprint density at radius 1 is 1.04 bits per heavy atom. The van der Waals surface area contributed by atoms with Gasteiger partial charge >= 0.3 is 0 Å². The van der Waals surface area contributed by atoms with E-state index in [0.29, 0.717) is 24.2 Å². The molecule has 3 aromatic rings. The van der Waals surface area contributed by atoms with Crippen LogP contribution < -0.4 is 11.3 Å². The number of pyridine rings is 1. The van der Waals surface area contributed by atoms with Crippen LogP contribution in [0.25, 0.3) is 10.8 Å². The molecule has 2 atom stereocenters. The van der Waals surface area contributed by atoms with Gasteiger partial charge in [-0.3, -0.25) is 9.59 Å². The van der Waals surface area contributed by atoms with Gasteiger partial charge in [-0.1, -0.05) is 48.5 Å². The molecule has 5 nitrogen and oxygen atoms in total. The third kappa shape index (κ3) is 2.83. The molecule has 0 saturated carbocycles. The van der Waals surface area contributed by atoms with Crippen molar-refractivity contribution < 1.29 is 4.79 Å². The molecule has 126 valence electrons. The number of H-pyrrole nitrogens is 1. The Balaban J connectivity index is 1.63. The Morgan fingerprint density at radius 3 is 2.56 bits per heavy atom. The van der Waals surface area contributed by atoms with Crippen LogP contribution in [-0.4, -0.2) is 34.9 Å². The van der Waals surface area contributed by atoms with Crippen LogP contribution in [0.2, 0.25) is 0 Å². The SMILES string of the molecule is N[C@@H]1CN(C(=O)c2cc3ccccc3c(=O)[nH]2)C[C@H]1c1ccccc1. The van der Waals surface area contributed by atoms with E-state index in [9.17, 15) is 9.59 Å². The van der Waals surface area contributed by atoms with E-state index in [1.165, 1.54) is 0 Å². The maximum Gasteiger partial charge on any atom is 0.270 e. The molecule has 0 bridgehead atoms. The Kier molecular flexibility index (Phi) is 3.86. The van der Waals surface area contributed by atoms with Crippen molar-refractivity contribution in [3.05, 3.63) is 82.3 Å². The van der Waals surface area contributed by atoms with Crippen LogP contribution >= 0.6 is 0 Å². The number of amides is 1. The molecule has 1 aromatic heterocycles. The molecule has 1 amide bonds. The summed E-state index contributed by atoms with van der Waals surface area (Å²) in [7, 11) is 0. The lowest BCUT2D eigenvalue weighted by Crippen LogP contribution is -2.33. The molecular formula is C20H19N3O2. The standard InChI is InChI=1S/C20H19N3O2/c21-17-12-23(11-16(17)13-6-2-1-3-7-13)20(25)18-10-14-8-4-5-9-15(14)19(24)22-18/h1-10,16-17H,11-12,21H2,(H,22,24)/t16-,17+/m0/s1. The third-order valence-corrected chi connectivity index (χ3v) is 4.86.